The van der Waals surface area contributed by atoms with Crippen molar-refractivity contribution in [1.82, 2.24) is 10.3 Å². The zero-order chi connectivity index (χ0) is 8.97. The van der Waals surface area contributed by atoms with Crippen LogP contribution in [0, 0.1) is 6.92 Å². The van der Waals surface area contributed by atoms with Crippen LogP contribution < -0.4 is 5.32 Å². The maximum Gasteiger partial charge on any atom is 0.271 e. The normalized spacial score (nSPS) is 9.83. The van der Waals surface area contributed by atoms with E-state index in [1.165, 1.54) is 11.3 Å². The highest BCUT2D eigenvalue weighted by Crippen LogP contribution is 2.10. The quantitative estimate of drug-likeness (QED) is 0.775. The van der Waals surface area contributed by atoms with Gasteiger partial charge < -0.3 is 5.32 Å². The molecule has 66 valence electrons. The zero-order valence-corrected chi connectivity index (χ0v) is 8.07. The van der Waals surface area contributed by atoms with Crippen molar-refractivity contribution in [1.29, 1.82) is 0 Å². The Morgan fingerprint density at radius 1 is 1.75 bits per heavy atom. The number of hydrogen-bond acceptors (Lipinski definition) is 3. The Hall–Kier alpha value is -0.900. The second kappa shape index (κ2) is 4.21. The standard InChI is InChI=1S/C8H12N2OS/c1-3-4-9-8(11)7-6(2)12-5-10-7/h5H,3-4H2,1-2H3,(H,9,11). The van der Waals surface area contributed by atoms with Crippen LogP contribution in [-0.2, 0) is 0 Å². The van der Waals surface area contributed by atoms with E-state index in [1.807, 2.05) is 13.8 Å². The summed E-state index contributed by atoms with van der Waals surface area (Å²) in [7, 11) is 0. The van der Waals surface area contributed by atoms with Crippen LogP contribution in [0.15, 0.2) is 5.51 Å². The average molecular weight is 184 g/mol. The van der Waals surface area contributed by atoms with Gasteiger partial charge >= 0.3 is 0 Å². The first-order valence-corrected chi connectivity index (χ1v) is 4.82. The highest BCUT2D eigenvalue weighted by atomic mass is 32.1. The number of aromatic nitrogens is 1. The Bertz CT molecular complexity index is 270. The number of carbonyl (C=O) groups excluding carboxylic acids is 1. The predicted octanol–water partition coefficient (Wildman–Crippen LogP) is 1.59. The summed E-state index contributed by atoms with van der Waals surface area (Å²) in [6.07, 6.45) is 0.953. The lowest BCUT2D eigenvalue weighted by atomic mass is 10.3. The maximum atomic E-state index is 11.3. The molecule has 1 aromatic heterocycles. The van der Waals surface area contributed by atoms with Crippen molar-refractivity contribution < 1.29 is 4.79 Å². The van der Waals surface area contributed by atoms with Gasteiger partial charge in [0.15, 0.2) is 0 Å². The van der Waals surface area contributed by atoms with Crippen molar-refractivity contribution in [2.45, 2.75) is 20.3 Å². The van der Waals surface area contributed by atoms with Crippen molar-refractivity contribution >= 4 is 17.2 Å². The number of carbonyl (C=O) groups is 1. The van der Waals surface area contributed by atoms with Crippen LogP contribution in [-0.4, -0.2) is 17.4 Å². The average Bonchev–Trinajstić information content (AvgIpc) is 2.47. The summed E-state index contributed by atoms with van der Waals surface area (Å²) >= 11 is 1.49. The molecule has 0 aliphatic carbocycles. The summed E-state index contributed by atoms with van der Waals surface area (Å²) in [4.78, 5) is 16.3. The van der Waals surface area contributed by atoms with Crippen LogP contribution in [0.25, 0.3) is 0 Å². The Balaban J connectivity index is 2.59. The first-order valence-electron chi connectivity index (χ1n) is 3.94. The molecule has 0 aliphatic rings. The molecule has 3 nitrogen and oxygen atoms in total. The van der Waals surface area contributed by atoms with E-state index in [2.05, 4.69) is 10.3 Å². The van der Waals surface area contributed by atoms with Crippen LogP contribution in [0.5, 0.6) is 0 Å². The van der Waals surface area contributed by atoms with Crippen molar-refractivity contribution in [2.75, 3.05) is 6.54 Å². The van der Waals surface area contributed by atoms with Crippen molar-refractivity contribution in [3.05, 3.63) is 16.1 Å². The molecule has 1 N–H and O–H groups in total. The Labute approximate surface area is 75.8 Å². The minimum atomic E-state index is -0.0596. The molecule has 0 atom stereocenters. The van der Waals surface area contributed by atoms with E-state index in [0.29, 0.717) is 5.69 Å². The van der Waals surface area contributed by atoms with Gasteiger partial charge in [-0.05, 0) is 13.3 Å². The highest BCUT2D eigenvalue weighted by Gasteiger charge is 2.09. The molecule has 1 heterocycles. The van der Waals surface area contributed by atoms with Gasteiger partial charge in [-0.25, -0.2) is 4.98 Å². The molecule has 0 saturated carbocycles. The number of nitrogens with zero attached hydrogens (tertiary/aromatic N) is 1. The number of amides is 1. The number of nitrogens with one attached hydrogen (secondary N) is 1. The smallest absolute Gasteiger partial charge is 0.271 e. The molecule has 1 aromatic rings. The molecule has 0 fully saturated rings. The third kappa shape index (κ3) is 2.04. The Morgan fingerprint density at radius 2 is 2.50 bits per heavy atom. The first kappa shape index (κ1) is 9.19. The minimum absolute atomic E-state index is 0.0596. The van der Waals surface area contributed by atoms with E-state index in [4.69, 9.17) is 0 Å². The van der Waals surface area contributed by atoms with Crippen LogP contribution in [0.1, 0.15) is 28.7 Å². The maximum absolute atomic E-state index is 11.3. The summed E-state index contributed by atoms with van der Waals surface area (Å²) in [5, 5.41) is 2.78. The largest absolute Gasteiger partial charge is 0.351 e. The van der Waals surface area contributed by atoms with E-state index in [-0.39, 0.29) is 5.91 Å². The third-order valence-corrected chi connectivity index (χ3v) is 2.25. The SMILES string of the molecule is CCCNC(=O)c1ncsc1C. The van der Waals surface area contributed by atoms with E-state index in [1.54, 1.807) is 5.51 Å². The van der Waals surface area contributed by atoms with Gasteiger partial charge in [-0.3, -0.25) is 4.79 Å². The monoisotopic (exact) mass is 184 g/mol. The van der Waals surface area contributed by atoms with E-state index in [9.17, 15) is 4.79 Å². The Morgan fingerprint density at radius 3 is 3.00 bits per heavy atom. The van der Waals surface area contributed by atoms with Gasteiger partial charge in [-0.2, -0.15) is 0 Å². The predicted molar refractivity (Wildman–Crippen MR) is 49.5 cm³/mol. The van der Waals surface area contributed by atoms with Crippen molar-refractivity contribution in [2.24, 2.45) is 0 Å². The van der Waals surface area contributed by atoms with Crippen molar-refractivity contribution in [3.63, 3.8) is 0 Å². The summed E-state index contributed by atoms with van der Waals surface area (Å²) in [6.45, 7) is 4.64. The second-order valence-electron chi connectivity index (χ2n) is 2.51. The van der Waals surface area contributed by atoms with Gasteiger partial charge in [0, 0.05) is 11.4 Å². The molecular weight excluding hydrogens is 172 g/mol. The summed E-state index contributed by atoms with van der Waals surface area (Å²) in [6, 6.07) is 0. The highest BCUT2D eigenvalue weighted by molar-refractivity contribution is 7.09. The number of rotatable bonds is 3. The molecule has 0 unspecified atom stereocenters. The van der Waals surface area contributed by atoms with Gasteiger partial charge in [0.05, 0.1) is 5.51 Å². The van der Waals surface area contributed by atoms with Crippen LogP contribution in [0.4, 0.5) is 0 Å². The lowest BCUT2D eigenvalue weighted by molar-refractivity contribution is 0.0949. The van der Waals surface area contributed by atoms with Gasteiger partial charge in [-0.1, -0.05) is 6.92 Å². The molecule has 0 aliphatic heterocycles. The van der Waals surface area contributed by atoms with Gasteiger partial charge in [0.1, 0.15) is 5.69 Å². The molecular formula is C8H12N2OS. The fourth-order valence-corrected chi connectivity index (χ4v) is 1.42. The van der Waals surface area contributed by atoms with E-state index >= 15 is 0 Å². The minimum Gasteiger partial charge on any atom is -0.351 e. The molecule has 1 rings (SSSR count). The Kier molecular flexibility index (Phi) is 3.22. The number of hydrogen-bond donors (Lipinski definition) is 1. The van der Waals surface area contributed by atoms with Gasteiger partial charge in [0.2, 0.25) is 0 Å². The summed E-state index contributed by atoms with van der Waals surface area (Å²) in [5.41, 5.74) is 2.25. The number of aryl methyl sites for hydroxylation is 1. The third-order valence-electron chi connectivity index (χ3n) is 1.50. The van der Waals surface area contributed by atoms with Crippen molar-refractivity contribution in [3.8, 4) is 0 Å². The molecule has 12 heavy (non-hydrogen) atoms. The topological polar surface area (TPSA) is 42.0 Å². The lowest BCUT2D eigenvalue weighted by Crippen LogP contribution is -2.24. The molecule has 0 saturated heterocycles. The molecule has 4 heteroatoms. The molecule has 0 spiro atoms. The summed E-state index contributed by atoms with van der Waals surface area (Å²) in [5.74, 6) is -0.0596. The van der Waals surface area contributed by atoms with Crippen LogP contribution in [0.2, 0.25) is 0 Å². The fraction of sp³-hybridized carbons (Fsp3) is 0.500. The van der Waals surface area contributed by atoms with Crippen LogP contribution in [0.3, 0.4) is 0 Å². The molecule has 0 bridgehead atoms. The molecule has 0 aromatic carbocycles. The first-order chi connectivity index (χ1) is 5.75. The van der Waals surface area contributed by atoms with E-state index < -0.39 is 0 Å². The second-order valence-corrected chi connectivity index (χ2v) is 3.57. The van der Waals surface area contributed by atoms with E-state index in [0.717, 1.165) is 17.8 Å². The summed E-state index contributed by atoms with van der Waals surface area (Å²) < 4.78 is 0. The fourth-order valence-electron chi connectivity index (χ4n) is 0.846. The number of thiazole rings is 1. The lowest BCUT2D eigenvalue weighted by Gasteiger charge is -2.00. The molecule has 0 radical (unpaired) electrons. The van der Waals surface area contributed by atoms with Crippen LogP contribution >= 0.6 is 11.3 Å². The zero-order valence-electron chi connectivity index (χ0n) is 7.26. The van der Waals surface area contributed by atoms with Gasteiger partial charge in [-0.15, -0.1) is 11.3 Å². The molecule has 1 amide bonds. The van der Waals surface area contributed by atoms with Gasteiger partial charge in [0.25, 0.3) is 5.91 Å².